The molecule has 0 saturated carbocycles. The van der Waals surface area contributed by atoms with Gasteiger partial charge in [0, 0.05) is 49.9 Å². The average molecular weight is 410 g/mol. The first-order valence-corrected chi connectivity index (χ1v) is 10.3. The predicted molar refractivity (Wildman–Crippen MR) is 108 cm³/mol. The van der Waals surface area contributed by atoms with E-state index in [2.05, 4.69) is 41.7 Å². The summed E-state index contributed by atoms with van der Waals surface area (Å²) in [5.41, 5.74) is 5.46. The Hall–Kier alpha value is -2.71. The number of aryl methyl sites for hydroxylation is 1. The lowest BCUT2D eigenvalue weighted by Gasteiger charge is -2.33. The van der Waals surface area contributed by atoms with E-state index in [4.69, 9.17) is 21.3 Å². The smallest absolute Gasteiger partial charge is 0.224 e. The van der Waals surface area contributed by atoms with Gasteiger partial charge in [-0.1, -0.05) is 0 Å². The van der Waals surface area contributed by atoms with Crippen molar-refractivity contribution < 1.29 is 4.74 Å². The topological polar surface area (TPSA) is 72.2 Å². The number of fused-ring (bicyclic) bond motifs is 3. The molecule has 0 saturated heterocycles. The summed E-state index contributed by atoms with van der Waals surface area (Å²) in [6.07, 6.45) is 5.81. The largest absolute Gasteiger partial charge is 0.370 e. The molecule has 3 aromatic rings. The molecule has 6 rings (SSSR count). The molecule has 8 nitrogen and oxygen atoms in total. The van der Waals surface area contributed by atoms with E-state index in [0.29, 0.717) is 13.2 Å². The van der Waals surface area contributed by atoms with Crippen LogP contribution in [-0.2, 0) is 37.5 Å². The Balaban J connectivity index is 1.34. The molecule has 0 bridgehead atoms. The Labute approximate surface area is 173 Å². The molecule has 0 amide bonds. The first kappa shape index (κ1) is 17.2. The van der Waals surface area contributed by atoms with Gasteiger partial charge >= 0.3 is 0 Å². The second-order valence-electron chi connectivity index (χ2n) is 7.62. The number of hydrogen-bond acceptors (Lipinski definition) is 7. The summed E-state index contributed by atoms with van der Waals surface area (Å²) in [7, 11) is 0. The molecule has 3 aliphatic heterocycles. The molecule has 0 aromatic carbocycles. The first-order chi connectivity index (χ1) is 14.3. The Bertz CT molecular complexity index is 1100. The molecule has 0 spiro atoms. The Kier molecular flexibility index (Phi) is 3.95. The van der Waals surface area contributed by atoms with Gasteiger partial charge in [-0.3, -0.25) is 4.98 Å². The fraction of sp³-hybridized carbons (Fsp3) is 0.400. The molecule has 0 radical (unpaired) electrons. The van der Waals surface area contributed by atoms with Gasteiger partial charge in [-0.2, -0.15) is 5.10 Å². The average Bonchev–Trinajstić information content (AvgIpc) is 3.41. The van der Waals surface area contributed by atoms with Crippen LogP contribution in [0.25, 0.3) is 0 Å². The Morgan fingerprint density at radius 3 is 3.00 bits per heavy atom. The van der Waals surface area contributed by atoms with E-state index in [1.54, 1.807) is 0 Å². The number of halogens is 1. The standard InChI is InChI=1S/C20H20ClN7O/c21-20-24-17-12-29-11-15(17)19(25-20)26-7-3-16-13(10-26)8-14(9-22-16)27-5-1-6-28-18(27)2-4-23-28/h2,4,8-9H,1,3,5-7,10-12H2. The predicted octanol–water partition coefficient (Wildman–Crippen LogP) is 2.86. The quantitative estimate of drug-likeness (QED) is 0.602. The van der Waals surface area contributed by atoms with Crippen LogP contribution in [0.1, 0.15) is 28.9 Å². The van der Waals surface area contributed by atoms with E-state index in [1.165, 1.54) is 5.56 Å². The zero-order chi connectivity index (χ0) is 19.4. The summed E-state index contributed by atoms with van der Waals surface area (Å²) in [6, 6.07) is 4.33. The van der Waals surface area contributed by atoms with Crippen molar-refractivity contribution in [3.05, 3.63) is 52.3 Å². The highest BCUT2D eigenvalue weighted by Crippen LogP contribution is 2.34. The van der Waals surface area contributed by atoms with Gasteiger partial charge in [-0.15, -0.1) is 0 Å². The highest BCUT2D eigenvalue weighted by molar-refractivity contribution is 6.28. The molecule has 0 N–H and O–H groups in total. The maximum Gasteiger partial charge on any atom is 0.224 e. The summed E-state index contributed by atoms with van der Waals surface area (Å²) in [5.74, 6) is 2.02. The van der Waals surface area contributed by atoms with Crippen molar-refractivity contribution in [2.75, 3.05) is 22.9 Å². The van der Waals surface area contributed by atoms with Gasteiger partial charge in [0.25, 0.3) is 0 Å². The van der Waals surface area contributed by atoms with Crippen molar-refractivity contribution in [1.29, 1.82) is 0 Å². The monoisotopic (exact) mass is 409 g/mol. The van der Waals surface area contributed by atoms with Crippen LogP contribution in [-0.4, -0.2) is 37.8 Å². The van der Waals surface area contributed by atoms with Crippen molar-refractivity contribution in [3.63, 3.8) is 0 Å². The lowest BCUT2D eigenvalue weighted by molar-refractivity contribution is 0.133. The molecule has 0 aliphatic carbocycles. The fourth-order valence-electron chi connectivity index (χ4n) is 4.49. The zero-order valence-electron chi connectivity index (χ0n) is 15.9. The minimum absolute atomic E-state index is 0.281. The first-order valence-electron chi connectivity index (χ1n) is 9.91. The van der Waals surface area contributed by atoms with Crippen LogP contribution < -0.4 is 9.80 Å². The maximum atomic E-state index is 6.18. The fourth-order valence-corrected chi connectivity index (χ4v) is 4.67. The van der Waals surface area contributed by atoms with Crippen molar-refractivity contribution in [3.8, 4) is 0 Å². The molecule has 3 aliphatic rings. The summed E-state index contributed by atoms with van der Waals surface area (Å²) >= 11 is 6.18. The van der Waals surface area contributed by atoms with Crippen molar-refractivity contribution in [2.45, 2.75) is 39.1 Å². The number of rotatable bonds is 2. The highest BCUT2D eigenvalue weighted by atomic mass is 35.5. The van der Waals surface area contributed by atoms with E-state index in [0.717, 1.165) is 73.3 Å². The van der Waals surface area contributed by atoms with Gasteiger partial charge in [0.1, 0.15) is 11.6 Å². The molecule has 29 heavy (non-hydrogen) atoms. The van der Waals surface area contributed by atoms with E-state index in [-0.39, 0.29) is 5.28 Å². The number of hydrogen-bond donors (Lipinski definition) is 0. The summed E-state index contributed by atoms with van der Waals surface area (Å²) < 4.78 is 7.64. The van der Waals surface area contributed by atoms with Gasteiger partial charge in [0.05, 0.1) is 37.0 Å². The van der Waals surface area contributed by atoms with Gasteiger partial charge in [-0.25, -0.2) is 14.6 Å². The van der Waals surface area contributed by atoms with Crippen LogP contribution in [0.4, 0.5) is 17.3 Å². The second kappa shape index (κ2) is 6.67. The minimum Gasteiger partial charge on any atom is -0.370 e. The van der Waals surface area contributed by atoms with E-state index in [9.17, 15) is 0 Å². The van der Waals surface area contributed by atoms with Crippen LogP contribution in [0, 0.1) is 0 Å². The lowest BCUT2D eigenvalue weighted by Crippen LogP contribution is -2.33. The van der Waals surface area contributed by atoms with Crippen LogP contribution in [0.5, 0.6) is 0 Å². The van der Waals surface area contributed by atoms with E-state index in [1.807, 2.05) is 12.4 Å². The molecule has 9 heteroatoms. The van der Waals surface area contributed by atoms with Crippen molar-refractivity contribution in [2.24, 2.45) is 0 Å². The molecular weight excluding hydrogens is 390 g/mol. The Morgan fingerprint density at radius 2 is 2.03 bits per heavy atom. The summed E-state index contributed by atoms with van der Waals surface area (Å²) in [5, 5.41) is 4.70. The minimum atomic E-state index is 0.281. The number of nitrogens with zero attached hydrogens (tertiary/aromatic N) is 7. The lowest BCUT2D eigenvalue weighted by atomic mass is 10.0. The number of anilines is 3. The number of pyridine rings is 1. The maximum absolute atomic E-state index is 6.18. The van der Waals surface area contributed by atoms with Gasteiger partial charge in [-0.05, 0) is 29.7 Å². The van der Waals surface area contributed by atoms with Crippen LogP contribution in [0.15, 0.2) is 24.5 Å². The van der Waals surface area contributed by atoms with Gasteiger partial charge in [0.2, 0.25) is 5.28 Å². The molecular formula is C20H20ClN7O. The van der Waals surface area contributed by atoms with Crippen molar-refractivity contribution in [1.82, 2.24) is 24.7 Å². The molecule has 0 unspecified atom stereocenters. The molecule has 148 valence electrons. The number of aromatic nitrogens is 5. The van der Waals surface area contributed by atoms with Crippen LogP contribution in [0.2, 0.25) is 5.28 Å². The third-order valence-electron chi connectivity index (χ3n) is 5.89. The molecule has 0 atom stereocenters. The van der Waals surface area contributed by atoms with E-state index < -0.39 is 0 Å². The number of ether oxygens (including phenoxy) is 1. The SMILES string of the molecule is Clc1nc2c(c(N3CCc4ncc(N5CCCn6nccc65)cc4C3)n1)COC2. The summed E-state index contributed by atoms with van der Waals surface area (Å²) in [6.45, 7) is 4.60. The molecule has 6 heterocycles. The zero-order valence-corrected chi connectivity index (χ0v) is 16.6. The van der Waals surface area contributed by atoms with Crippen LogP contribution >= 0.6 is 11.6 Å². The summed E-state index contributed by atoms with van der Waals surface area (Å²) in [4.78, 5) is 18.2. The van der Waals surface area contributed by atoms with Crippen LogP contribution in [0.3, 0.4) is 0 Å². The van der Waals surface area contributed by atoms with E-state index >= 15 is 0 Å². The van der Waals surface area contributed by atoms with Gasteiger partial charge in [0.15, 0.2) is 0 Å². The molecule has 3 aromatic heterocycles. The third kappa shape index (κ3) is 2.86. The third-order valence-corrected chi connectivity index (χ3v) is 6.06. The molecule has 0 fully saturated rings. The normalized spacial score (nSPS) is 17.8. The van der Waals surface area contributed by atoms with Crippen molar-refractivity contribution >= 4 is 28.9 Å². The Morgan fingerprint density at radius 1 is 1.07 bits per heavy atom. The highest BCUT2D eigenvalue weighted by Gasteiger charge is 2.27. The van der Waals surface area contributed by atoms with Gasteiger partial charge < -0.3 is 14.5 Å². The second-order valence-corrected chi connectivity index (χ2v) is 7.96.